The van der Waals surface area contributed by atoms with Crippen molar-refractivity contribution in [2.45, 2.75) is 0 Å². The third-order valence-electron chi connectivity index (χ3n) is 4.37. The number of hydrogen-bond acceptors (Lipinski definition) is 7. The SMILES string of the molecule is N#Cc1ccc(-c2ccnc3cc(-c4ccc(-c5nn[nH]n5)cc4)oc23)cn1. The summed E-state index contributed by atoms with van der Waals surface area (Å²) in [7, 11) is 0. The number of H-pyrrole nitrogens is 1. The first-order chi connectivity index (χ1) is 13.8. The predicted octanol–water partition coefficient (Wildman–Crippen LogP) is 3.61. The van der Waals surface area contributed by atoms with Crippen LogP contribution >= 0.6 is 0 Å². The number of aromatic nitrogens is 6. The molecule has 4 heterocycles. The van der Waals surface area contributed by atoms with Crippen molar-refractivity contribution in [3.63, 3.8) is 0 Å². The van der Waals surface area contributed by atoms with Gasteiger partial charge in [-0.05, 0) is 23.4 Å². The van der Waals surface area contributed by atoms with E-state index < -0.39 is 0 Å². The van der Waals surface area contributed by atoms with E-state index >= 15 is 0 Å². The van der Waals surface area contributed by atoms with Crippen LogP contribution in [-0.4, -0.2) is 30.6 Å². The molecule has 0 fully saturated rings. The number of hydrogen-bond donors (Lipinski definition) is 1. The van der Waals surface area contributed by atoms with Crippen molar-refractivity contribution in [1.29, 1.82) is 5.26 Å². The number of nitrogens with one attached hydrogen (secondary N) is 1. The molecule has 0 unspecified atom stereocenters. The maximum atomic E-state index is 8.93. The van der Waals surface area contributed by atoms with Crippen LogP contribution in [0.2, 0.25) is 0 Å². The largest absolute Gasteiger partial charge is 0.454 e. The molecule has 1 aromatic carbocycles. The van der Waals surface area contributed by atoms with Crippen LogP contribution in [0.25, 0.3) is 44.9 Å². The van der Waals surface area contributed by atoms with Gasteiger partial charge >= 0.3 is 0 Å². The average molecular weight is 365 g/mol. The maximum absolute atomic E-state index is 8.93. The summed E-state index contributed by atoms with van der Waals surface area (Å²) in [6.45, 7) is 0. The molecule has 132 valence electrons. The summed E-state index contributed by atoms with van der Waals surface area (Å²) in [5.74, 6) is 1.24. The zero-order valence-electron chi connectivity index (χ0n) is 14.4. The molecule has 5 aromatic rings. The Balaban J connectivity index is 1.56. The van der Waals surface area contributed by atoms with Crippen LogP contribution in [-0.2, 0) is 0 Å². The summed E-state index contributed by atoms with van der Waals surface area (Å²) in [5.41, 5.74) is 5.29. The van der Waals surface area contributed by atoms with Crippen LogP contribution in [0.15, 0.2) is 65.3 Å². The highest BCUT2D eigenvalue weighted by molar-refractivity contribution is 5.92. The topological polar surface area (TPSA) is 117 Å². The number of pyridine rings is 2. The lowest BCUT2D eigenvalue weighted by Gasteiger charge is -2.02. The molecule has 8 nitrogen and oxygen atoms in total. The van der Waals surface area contributed by atoms with Gasteiger partial charge in [0.25, 0.3) is 0 Å². The zero-order chi connectivity index (χ0) is 18.9. The minimum absolute atomic E-state index is 0.371. The summed E-state index contributed by atoms with van der Waals surface area (Å²) < 4.78 is 6.12. The second kappa shape index (κ2) is 6.41. The minimum Gasteiger partial charge on any atom is -0.454 e. The van der Waals surface area contributed by atoms with Crippen molar-refractivity contribution in [1.82, 2.24) is 30.6 Å². The van der Waals surface area contributed by atoms with Gasteiger partial charge in [0.15, 0.2) is 5.58 Å². The van der Waals surface area contributed by atoms with E-state index in [1.54, 1.807) is 18.5 Å². The van der Waals surface area contributed by atoms with Crippen molar-refractivity contribution in [2.24, 2.45) is 0 Å². The van der Waals surface area contributed by atoms with E-state index in [1.807, 2.05) is 48.5 Å². The summed E-state index contributed by atoms with van der Waals surface area (Å²) in [6, 6.07) is 17.0. The number of benzene rings is 1. The smallest absolute Gasteiger partial charge is 0.204 e. The Hall–Kier alpha value is -4.38. The standard InChI is InChI=1S/C20H11N7O/c21-10-15-6-5-14(11-23-15)16-7-8-22-17-9-18(28-19(16)17)12-1-3-13(4-2-12)20-24-26-27-25-20/h1-9,11H,(H,24,25,26,27). The number of fused-ring (bicyclic) bond motifs is 1. The number of furan rings is 1. The van der Waals surface area contributed by atoms with E-state index in [4.69, 9.17) is 9.68 Å². The molecule has 1 N–H and O–H groups in total. The van der Waals surface area contributed by atoms with Crippen LogP contribution in [0.3, 0.4) is 0 Å². The Kier molecular flexibility index (Phi) is 3.63. The number of rotatable bonds is 3. The normalized spacial score (nSPS) is 10.8. The molecule has 28 heavy (non-hydrogen) atoms. The Morgan fingerprint density at radius 1 is 0.929 bits per heavy atom. The molecule has 8 heteroatoms. The van der Waals surface area contributed by atoms with Gasteiger partial charge in [-0.1, -0.05) is 24.3 Å². The van der Waals surface area contributed by atoms with Crippen LogP contribution in [0.5, 0.6) is 0 Å². The predicted molar refractivity (Wildman–Crippen MR) is 101 cm³/mol. The van der Waals surface area contributed by atoms with Gasteiger partial charge in [-0.15, -0.1) is 10.2 Å². The van der Waals surface area contributed by atoms with Gasteiger partial charge in [-0.25, -0.2) is 4.98 Å². The molecular weight excluding hydrogens is 354 g/mol. The molecule has 0 amide bonds. The zero-order valence-corrected chi connectivity index (χ0v) is 14.4. The first-order valence-corrected chi connectivity index (χ1v) is 8.41. The van der Waals surface area contributed by atoms with Gasteiger partial charge in [-0.2, -0.15) is 10.5 Å². The van der Waals surface area contributed by atoms with Crippen molar-refractivity contribution < 1.29 is 4.42 Å². The highest BCUT2D eigenvalue weighted by Gasteiger charge is 2.13. The summed E-state index contributed by atoms with van der Waals surface area (Å²) in [4.78, 5) is 8.54. The Morgan fingerprint density at radius 3 is 2.46 bits per heavy atom. The molecule has 0 bridgehead atoms. The third kappa shape index (κ3) is 2.68. The lowest BCUT2D eigenvalue weighted by Crippen LogP contribution is -1.85. The van der Waals surface area contributed by atoms with E-state index in [0.29, 0.717) is 22.9 Å². The quantitative estimate of drug-likeness (QED) is 0.519. The van der Waals surface area contributed by atoms with E-state index in [0.717, 1.165) is 27.8 Å². The third-order valence-corrected chi connectivity index (χ3v) is 4.37. The fourth-order valence-corrected chi connectivity index (χ4v) is 2.99. The molecule has 0 aliphatic heterocycles. The number of aromatic amines is 1. The molecule has 0 aliphatic rings. The highest BCUT2D eigenvalue weighted by Crippen LogP contribution is 2.33. The van der Waals surface area contributed by atoms with Crippen molar-refractivity contribution in [3.8, 4) is 39.9 Å². The van der Waals surface area contributed by atoms with Crippen molar-refractivity contribution in [2.75, 3.05) is 0 Å². The minimum atomic E-state index is 0.371. The highest BCUT2D eigenvalue weighted by atomic mass is 16.3. The average Bonchev–Trinajstić information content (AvgIpc) is 3.44. The molecule has 4 aromatic heterocycles. The van der Waals surface area contributed by atoms with Crippen LogP contribution in [0, 0.1) is 11.3 Å². The van der Waals surface area contributed by atoms with Gasteiger partial charge in [0.1, 0.15) is 23.0 Å². The molecule has 0 atom stereocenters. The van der Waals surface area contributed by atoms with Crippen molar-refractivity contribution in [3.05, 3.63) is 66.6 Å². The molecule has 0 spiro atoms. The van der Waals surface area contributed by atoms with Crippen LogP contribution in [0.4, 0.5) is 0 Å². The summed E-state index contributed by atoms with van der Waals surface area (Å²) >= 11 is 0. The lowest BCUT2D eigenvalue weighted by molar-refractivity contribution is 0.632. The van der Waals surface area contributed by atoms with Gasteiger partial charge in [-0.3, -0.25) is 4.98 Å². The van der Waals surface area contributed by atoms with E-state index in [2.05, 4.69) is 30.6 Å². The fourth-order valence-electron chi connectivity index (χ4n) is 2.99. The summed E-state index contributed by atoms with van der Waals surface area (Å²) in [5, 5.41) is 22.9. The number of tetrazole rings is 1. The van der Waals surface area contributed by atoms with E-state index in [-0.39, 0.29) is 0 Å². The molecule has 5 rings (SSSR count). The Bertz CT molecular complexity index is 1300. The van der Waals surface area contributed by atoms with Gasteiger partial charge in [0.2, 0.25) is 5.82 Å². The second-order valence-electron chi connectivity index (χ2n) is 6.04. The molecule has 0 aliphatic carbocycles. The Morgan fingerprint density at radius 2 is 1.75 bits per heavy atom. The first kappa shape index (κ1) is 15.8. The second-order valence-corrected chi connectivity index (χ2v) is 6.04. The monoisotopic (exact) mass is 365 g/mol. The van der Waals surface area contributed by atoms with E-state index in [9.17, 15) is 0 Å². The van der Waals surface area contributed by atoms with E-state index in [1.165, 1.54) is 0 Å². The van der Waals surface area contributed by atoms with Gasteiger partial charge < -0.3 is 4.42 Å². The molecule has 0 radical (unpaired) electrons. The lowest BCUT2D eigenvalue weighted by atomic mass is 10.1. The number of nitriles is 1. The molecule has 0 saturated carbocycles. The van der Waals surface area contributed by atoms with Crippen LogP contribution in [0.1, 0.15) is 5.69 Å². The molecule has 0 saturated heterocycles. The molecular formula is C20H11N7O. The van der Waals surface area contributed by atoms with Gasteiger partial charge in [0, 0.05) is 40.7 Å². The number of nitrogens with zero attached hydrogens (tertiary/aromatic N) is 6. The first-order valence-electron chi connectivity index (χ1n) is 8.41. The van der Waals surface area contributed by atoms with Crippen molar-refractivity contribution >= 4 is 11.1 Å². The Labute approximate surface area is 158 Å². The van der Waals surface area contributed by atoms with Gasteiger partial charge in [0.05, 0.1) is 0 Å². The fraction of sp³-hybridized carbons (Fsp3) is 0. The van der Waals surface area contributed by atoms with Crippen LogP contribution < -0.4 is 0 Å². The maximum Gasteiger partial charge on any atom is 0.204 e. The summed E-state index contributed by atoms with van der Waals surface area (Å²) in [6.07, 6.45) is 3.39.